The Morgan fingerprint density at radius 1 is 0.800 bits per heavy atom. The molecule has 3 heterocycles. The zero-order valence-electron chi connectivity index (χ0n) is 20.1. The monoisotopic (exact) mass is 484 g/mol. The number of hydrazone groups is 1. The highest BCUT2D eigenvalue weighted by atomic mass is 32.1. The van der Waals surface area contributed by atoms with Crippen molar-refractivity contribution in [2.75, 3.05) is 26.2 Å². The molecule has 1 saturated heterocycles. The predicted octanol–water partition coefficient (Wildman–Crippen LogP) is 4.76. The third-order valence-electron chi connectivity index (χ3n) is 7.54. The molecule has 5 nitrogen and oxygen atoms in total. The second-order valence-electron chi connectivity index (χ2n) is 10.0. The average Bonchev–Trinajstić information content (AvgIpc) is 3.37. The Morgan fingerprint density at radius 2 is 1.43 bits per heavy atom. The van der Waals surface area contributed by atoms with Gasteiger partial charge in [0.25, 0.3) is 0 Å². The first-order chi connectivity index (χ1) is 17.2. The summed E-state index contributed by atoms with van der Waals surface area (Å²) >= 11 is 1.76. The van der Waals surface area contributed by atoms with Crippen molar-refractivity contribution in [3.8, 4) is 0 Å². The van der Waals surface area contributed by atoms with Gasteiger partial charge >= 0.3 is 0 Å². The van der Waals surface area contributed by atoms with Crippen LogP contribution in [-0.4, -0.2) is 52.6 Å². The van der Waals surface area contributed by atoms with Crippen LogP contribution in [-0.2, 0) is 30.8 Å². The second-order valence-corrected chi connectivity index (χ2v) is 10.9. The number of hydrogen-bond donors (Lipinski definition) is 0. The molecule has 2 aliphatic heterocycles. The van der Waals surface area contributed by atoms with Gasteiger partial charge in [0, 0.05) is 51.6 Å². The largest absolute Gasteiger partial charge is 0.297 e. The molecule has 3 aliphatic rings. The zero-order valence-corrected chi connectivity index (χ0v) is 20.9. The minimum absolute atomic E-state index is 0.149. The van der Waals surface area contributed by atoms with Crippen LogP contribution in [0, 0.1) is 5.92 Å². The molecule has 6 heteroatoms. The average molecular weight is 485 g/mol. The van der Waals surface area contributed by atoms with Crippen molar-refractivity contribution in [2.24, 2.45) is 11.0 Å². The Bertz CT molecular complexity index is 1190. The van der Waals surface area contributed by atoms with E-state index in [0.29, 0.717) is 18.9 Å². The van der Waals surface area contributed by atoms with E-state index in [0.717, 1.165) is 63.4 Å². The van der Waals surface area contributed by atoms with Crippen LogP contribution < -0.4 is 0 Å². The molecule has 35 heavy (non-hydrogen) atoms. The van der Waals surface area contributed by atoms with Crippen molar-refractivity contribution >= 4 is 23.0 Å². The number of rotatable bonds is 6. The Balaban J connectivity index is 1.04. The van der Waals surface area contributed by atoms with E-state index in [-0.39, 0.29) is 5.91 Å². The highest BCUT2D eigenvalue weighted by Gasteiger charge is 2.34. The third-order valence-corrected chi connectivity index (χ3v) is 8.52. The fourth-order valence-electron chi connectivity index (χ4n) is 5.49. The lowest BCUT2D eigenvalue weighted by Gasteiger charge is -2.34. The minimum atomic E-state index is 0.149. The molecule has 0 saturated carbocycles. The van der Waals surface area contributed by atoms with Gasteiger partial charge in [-0.05, 0) is 46.5 Å². The Kier molecular flexibility index (Phi) is 6.51. The van der Waals surface area contributed by atoms with Gasteiger partial charge in [0.1, 0.15) is 0 Å². The molecule has 0 bridgehead atoms. The molecule has 0 N–H and O–H groups in total. The topological polar surface area (TPSA) is 39.2 Å². The summed E-state index contributed by atoms with van der Waals surface area (Å²) in [7, 11) is 0. The summed E-state index contributed by atoms with van der Waals surface area (Å²) in [5, 5.41) is 8.69. The van der Waals surface area contributed by atoms with Crippen molar-refractivity contribution in [1.29, 1.82) is 0 Å². The molecule has 1 aromatic heterocycles. The van der Waals surface area contributed by atoms with Crippen LogP contribution in [0.4, 0.5) is 0 Å². The number of carbonyl (C=O) groups excluding carboxylic acids is 1. The van der Waals surface area contributed by atoms with Gasteiger partial charge in [-0.2, -0.15) is 5.10 Å². The first-order valence-corrected chi connectivity index (χ1v) is 13.6. The molecule has 3 aromatic rings. The maximum Gasteiger partial charge on any atom is 0.243 e. The first kappa shape index (κ1) is 22.7. The molecule has 2 aromatic carbocycles. The fourth-order valence-corrected chi connectivity index (χ4v) is 6.51. The summed E-state index contributed by atoms with van der Waals surface area (Å²) in [4.78, 5) is 19.2. The fraction of sp³-hybridized carbons (Fsp3) is 0.379. The van der Waals surface area contributed by atoms with E-state index in [4.69, 9.17) is 5.10 Å². The maximum absolute atomic E-state index is 12.8. The highest BCUT2D eigenvalue weighted by Crippen LogP contribution is 2.35. The second kappa shape index (κ2) is 10.1. The van der Waals surface area contributed by atoms with E-state index in [2.05, 4.69) is 75.8 Å². The molecule has 1 atom stereocenters. The lowest BCUT2D eigenvalue weighted by Crippen LogP contribution is -2.45. The SMILES string of the molecule is O=C1CC2CCc3ccsc3C2=NN1Cc1ccc(CN2CCN(Cc3ccccc3)CC2)cc1. The molecule has 0 radical (unpaired) electrons. The summed E-state index contributed by atoms with van der Waals surface area (Å²) in [6.07, 6.45) is 2.70. The van der Waals surface area contributed by atoms with E-state index in [1.54, 1.807) is 16.3 Å². The van der Waals surface area contributed by atoms with Gasteiger partial charge in [-0.1, -0.05) is 54.6 Å². The van der Waals surface area contributed by atoms with Crippen molar-refractivity contribution in [1.82, 2.24) is 14.8 Å². The molecular weight excluding hydrogens is 452 g/mol. The Morgan fingerprint density at radius 3 is 2.11 bits per heavy atom. The van der Waals surface area contributed by atoms with Gasteiger partial charge in [0.2, 0.25) is 5.91 Å². The quantitative estimate of drug-likeness (QED) is 0.506. The zero-order chi connectivity index (χ0) is 23.6. The number of thiophene rings is 1. The number of aryl methyl sites for hydroxylation is 1. The van der Waals surface area contributed by atoms with E-state index in [1.807, 2.05) is 0 Å². The third kappa shape index (κ3) is 5.10. The molecule has 180 valence electrons. The van der Waals surface area contributed by atoms with Gasteiger partial charge in [-0.25, -0.2) is 5.01 Å². The van der Waals surface area contributed by atoms with Crippen LogP contribution in [0.5, 0.6) is 0 Å². The van der Waals surface area contributed by atoms with E-state index in [9.17, 15) is 4.79 Å². The number of fused-ring (bicyclic) bond motifs is 3. The Hall–Kier alpha value is -2.80. The number of amides is 1. The number of nitrogens with zero attached hydrogens (tertiary/aromatic N) is 4. The highest BCUT2D eigenvalue weighted by molar-refractivity contribution is 7.12. The summed E-state index contributed by atoms with van der Waals surface area (Å²) in [5.41, 5.74) is 6.38. The van der Waals surface area contributed by atoms with Crippen LogP contribution >= 0.6 is 11.3 Å². The van der Waals surface area contributed by atoms with E-state index in [1.165, 1.54) is 21.6 Å². The molecule has 1 unspecified atom stereocenters. The number of carbonyl (C=O) groups is 1. The van der Waals surface area contributed by atoms with Crippen LogP contribution in [0.3, 0.4) is 0 Å². The summed E-state index contributed by atoms with van der Waals surface area (Å²) in [5.74, 6) is 0.441. The molecule has 6 rings (SSSR count). The van der Waals surface area contributed by atoms with Crippen LogP contribution in [0.25, 0.3) is 0 Å². The maximum atomic E-state index is 12.8. The Labute approximate surface area is 211 Å². The van der Waals surface area contributed by atoms with Crippen LogP contribution in [0.1, 0.15) is 40.0 Å². The van der Waals surface area contributed by atoms with Crippen molar-refractivity contribution in [3.05, 3.63) is 93.2 Å². The van der Waals surface area contributed by atoms with Crippen LogP contribution in [0.15, 0.2) is 71.1 Å². The summed E-state index contributed by atoms with van der Waals surface area (Å²) in [6.45, 7) is 6.98. The van der Waals surface area contributed by atoms with Crippen LogP contribution in [0.2, 0.25) is 0 Å². The molecular formula is C29H32N4OS. The lowest BCUT2D eigenvalue weighted by molar-refractivity contribution is -0.133. The number of benzene rings is 2. The molecule has 1 fully saturated rings. The normalized spacial score (nSPS) is 20.9. The van der Waals surface area contributed by atoms with Gasteiger partial charge in [0.15, 0.2) is 0 Å². The predicted molar refractivity (Wildman–Crippen MR) is 141 cm³/mol. The van der Waals surface area contributed by atoms with Crippen molar-refractivity contribution < 1.29 is 4.79 Å². The van der Waals surface area contributed by atoms with E-state index < -0.39 is 0 Å². The summed E-state index contributed by atoms with van der Waals surface area (Å²) < 4.78 is 0. The number of hydrogen-bond acceptors (Lipinski definition) is 5. The van der Waals surface area contributed by atoms with E-state index >= 15 is 0 Å². The van der Waals surface area contributed by atoms with Gasteiger partial charge < -0.3 is 0 Å². The van der Waals surface area contributed by atoms with Crippen molar-refractivity contribution in [3.63, 3.8) is 0 Å². The number of piperazine rings is 1. The standard InChI is InChI=1S/C29H32N4OS/c34-27-18-26-11-10-25-12-17-35-29(25)28(26)30-33(27)21-24-8-6-23(7-9-24)20-32-15-13-31(14-16-32)19-22-4-2-1-3-5-22/h1-9,12,17,26H,10-11,13-16,18-21H2. The van der Waals surface area contributed by atoms with Gasteiger partial charge in [-0.3, -0.25) is 14.6 Å². The molecule has 1 amide bonds. The first-order valence-electron chi connectivity index (χ1n) is 12.7. The van der Waals surface area contributed by atoms with Gasteiger partial charge in [0.05, 0.1) is 17.1 Å². The van der Waals surface area contributed by atoms with Crippen molar-refractivity contribution in [2.45, 2.75) is 38.9 Å². The minimum Gasteiger partial charge on any atom is -0.297 e. The smallest absolute Gasteiger partial charge is 0.243 e. The molecule has 1 aliphatic carbocycles. The summed E-state index contributed by atoms with van der Waals surface area (Å²) in [6, 6.07) is 21.7. The molecule has 0 spiro atoms. The lowest BCUT2D eigenvalue weighted by atomic mass is 9.84. The van der Waals surface area contributed by atoms with Gasteiger partial charge in [-0.15, -0.1) is 11.3 Å².